The molecular formula is C23H26N2O5. The van der Waals surface area contributed by atoms with Crippen LogP contribution in [0, 0.1) is 0 Å². The van der Waals surface area contributed by atoms with Gasteiger partial charge in [-0.1, -0.05) is 30.3 Å². The summed E-state index contributed by atoms with van der Waals surface area (Å²) in [6.07, 6.45) is 0. The Kier molecular flexibility index (Phi) is 6.42. The summed E-state index contributed by atoms with van der Waals surface area (Å²) >= 11 is 0. The zero-order valence-corrected chi connectivity index (χ0v) is 17.6. The number of carbonyl (C=O) groups is 2. The molecule has 0 aliphatic carbocycles. The first kappa shape index (κ1) is 21.4. The number of benzene rings is 2. The van der Waals surface area contributed by atoms with Crippen LogP contribution in [0.2, 0.25) is 0 Å². The van der Waals surface area contributed by atoms with E-state index in [1.165, 1.54) is 19.1 Å². The minimum Gasteiger partial charge on any atom is -0.507 e. The first-order valence-electron chi connectivity index (χ1n) is 9.59. The molecule has 1 heterocycles. The molecule has 1 aliphatic heterocycles. The van der Waals surface area contributed by atoms with Crippen molar-refractivity contribution in [3.63, 3.8) is 0 Å². The number of methoxy groups -OCH3 is 2. The van der Waals surface area contributed by atoms with Crippen molar-refractivity contribution >= 4 is 17.4 Å². The zero-order valence-electron chi connectivity index (χ0n) is 17.6. The molecule has 1 saturated heterocycles. The number of aliphatic hydroxyl groups is 1. The largest absolute Gasteiger partial charge is 0.507 e. The van der Waals surface area contributed by atoms with E-state index < -0.39 is 17.7 Å². The summed E-state index contributed by atoms with van der Waals surface area (Å²) in [4.78, 5) is 29.3. The molecule has 30 heavy (non-hydrogen) atoms. The zero-order chi connectivity index (χ0) is 21.8. The van der Waals surface area contributed by atoms with E-state index >= 15 is 0 Å². The van der Waals surface area contributed by atoms with Crippen molar-refractivity contribution in [3.8, 4) is 11.5 Å². The third-order valence-electron chi connectivity index (χ3n) is 5.11. The van der Waals surface area contributed by atoms with Crippen LogP contribution in [0.5, 0.6) is 11.5 Å². The molecule has 158 valence electrons. The molecule has 1 aliphatic rings. The lowest BCUT2D eigenvalue weighted by Crippen LogP contribution is -2.35. The number of hydrogen-bond acceptors (Lipinski definition) is 6. The highest BCUT2D eigenvalue weighted by Crippen LogP contribution is 2.41. The molecule has 0 radical (unpaired) electrons. The van der Waals surface area contributed by atoms with Crippen LogP contribution in [0.1, 0.15) is 17.2 Å². The van der Waals surface area contributed by atoms with Crippen LogP contribution in [-0.4, -0.2) is 68.0 Å². The fourth-order valence-corrected chi connectivity index (χ4v) is 3.54. The highest BCUT2D eigenvalue weighted by Gasteiger charge is 2.46. The number of hydrogen-bond donors (Lipinski definition) is 1. The third kappa shape index (κ3) is 4.02. The predicted octanol–water partition coefficient (Wildman–Crippen LogP) is 2.69. The molecule has 3 rings (SSSR count). The number of nitrogens with zero attached hydrogens (tertiary/aromatic N) is 2. The van der Waals surface area contributed by atoms with E-state index in [4.69, 9.17) is 9.47 Å². The fraction of sp³-hybridized carbons (Fsp3) is 0.304. The van der Waals surface area contributed by atoms with Gasteiger partial charge in [0, 0.05) is 19.2 Å². The molecule has 0 aromatic heterocycles. The lowest BCUT2D eigenvalue weighted by atomic mass is 9.95. The second-order valence-electron chi connectivity index (χ2n) is 7.27. The Hall–Kier alpha value is -3.32. The lowest BCUT2D eigenvalue weighted by Gasteiger charge is -2.26. The van der Waals surface area contributed by atoms with Gasteiger partial charge < -0.3 is 24.4 Å². The molecule has 2 aromatic carbocycles. The molecule has 1 fully saturated rings. The second kappa shape index (κ2) is 9.00. The first-order valence-corrected chi connectivity index (χ1v) is 9.59. The van der Waals surface area contributed by atoms with Gasteiger partial charge >= 0.3 is 0 Å². The Labute approximate surface area is 176 Å². The van der Waals surface area contributed by atoms with Crippen molar-refractivity contribution in [2.24, 2.45) is 0 Å². The summed E-state index contributed by atoms with van der Waals surface area (Å²) < 4.78 is 10.6. The summed E-state index contributed by atoms with van der Waals surface area (Å²) in [5.41, 5.74) is 1.13. The average molecular weight is 410 g/mol. The number of carbonyl (C=O) groups excluding carboxylic acids is 2. The van der Waals surface area contributed by atoms with Crippen molar-refractivity contribution in [1.82, 2.24) is 9.80 Å². The predicted molar refractivity (Wildman–Crippen MR) is 114 cm³/mol. The van der Waals surface area contributed by atoms with Crippen LogP contribution < -0.4 is 9.47 Å². The Balaban J connectivity index is 2.17. The second-order valence-corrected chi connectivity index (χ2v) is 7.27. The van der Waals surface area contributed by atoms with Gasteiger partial charge in [-0.15, -0.1) is 0 Å². The summed E-state index contributed by atoms with van der Waals surface area (Å²) in [5.74, 6) is -0.709. The highest BCUT2D eigenvalue weighted by molar-refractivity contribution is 6.46. The minimum absolute atomic E-state index is 0.0495. The number of rotatable bonds is 7. The van der Waals surface area contributed by atoms with E-state index in [0.717, 1.165) is 5.56 Å². The SMILES string of the molecule is COc1ccc(C(O)=C2C(=O)C(=O)N(CCN(C)C)[C@H]2c2ccccc2)c(OC)c1. The van der Waals surface area contributed by atoms with Gasteiger partial charge in [-0.2, -0.15) is 0 Å². The van der Waals surface area contributed by atoms with Crippen LogP contribution in [-0.2, 0) is 9.59 Å². The van der Waals surface area contributed by atoms with Gasteiger partial charge in [0.25, 0.3) is 11.7 Å². The van der Waals surface area contributed by atoms with E-state index in [0.29, 0.717) is 30.2 Å². The molecule has 1 amide bonds. The normalized spacial score (nSPS) is 18.2. The van der Waals surface area contributed by atoms with E-state index in [9.17, 15) is 14.7 Å². The van der Waals surface area contributed by atoms with Gasteiger partial charge in [-0.25, -0.2) is 0 Å². The minimum atomic E-state index is -0.710. The van der Waals surface area contributed by atoms with Crippen LogP contribution in [0.15, 0.2) is 54.1 Å². The molecule has 7 heteroatoms. The maximum absolute atomic E-state index is 13.0. The Morgan fingerprint density at radius 1 is 1.07 bits per heavy atom. The van der Waals surface area contributed by atoms with Crippen molar-refractivity contribution in [1.29, 1.82) is 0 Å². The molecule has 0 unspecified atom stereocenters. The fourth-order valence-electron chi connectivity index (χ4n) is 3.54. The lowest BCUT2D eigenvalue weighted by molar-refractivity contribution is -0.140. The molecule has 0 bridgehead atoms. The standard InChI is InChI=1S/C23H26N2O5/c1-24(2)12-13-25-20(15-8-6-5-7-9-15)19(22(27)23(25)28)21(26)17-11-10-16(29-3)14-18(17)30-4/h5-11,14,20,26H,12-13H2,1-4H3/t20-/m0/s1. The Morgan fingerprint density at radius 3 is 2.37 bits per heavy atom. The number of likely N-dealkylation sites (N-methyl/N-ethyl adjacent to an activating group) is 1. The van der Waals surface area contributed by atoms with Gasteiger partial charge in [-0.05, 0) is 31.8 Å². The molecule has 1 atom stereocenters. The van der Waals surface area contributed by atoms with E-state index in [1.807, 2.05) is 49.3 Å². The van der Waals surface area contributed by atoms with Crippen LogP contribution in [0.4, 0.5) is 0 Å². The van der Waals surface area contributed by atoms with Crippen LogP contribution >= 0.6 is 0 Å². The maximum Gasteiger partial charge on any atom is 0.295 e. The number of ether oxygens (including phenoxy) is 2. The van der Waals surface area contributed by atoms with Crippen molar-refractivity contribution in [2.45, 2.75) is 6.04 Å². The van der Waals surface area contributed by atoms with Gasteiger partial charge in [0.1, 0.15) is 17.3 Å². The summed E-state index contributed by atoms with van der Waals surface area (Å²) in [5, 5.41) is 11.2. The van der Waals surface area contributed by atoms with Crippen LogP contribution in [0.3, 0.4) is 0 Å². The first-order chi connectivity index (χ1) is 14.4. The van der Waals surface area contributed by atoms with Gasteiger partial charge in [0.15, 0.2) is 0 Å². The Bertz CT molecular complexity index is 969. The summed E-state index contributed by atoms with van der Waals surface area (Å²) in [7, 11) is 6.79. The Morgan fingerprint density at radius 2 is 1.77 bits per heavy atom. The molecule has 1 N–H and O–H groups in total. The molecule has 2 aromatic rings. The number of likely N-dealkylation sites (tertiary alicyclic amines) is 1. The van der Waals surface area contributed by atoms with E-state index in [-0.39, 0.29) is 11.3 Å². The number of ketones is 1. The van der Waals surface area contributed by atoms with Crippen molar-refractivity contribution < 1.29 is 24.2 Å². The van der Waals surface area contributed by atoms with Crippen molar-refractivity contribution in [3.05, 3.63) is 65.2 Å². The molecule has 7 nitrogen and oxygen atoms in total. The molecule has 0 saturated carbocycles. The number of aliphatic hydroxyl groups excluding tert-OH is 1. The highest BCUT2D eigenvalue weighted by atomic mass is 16.5. The van der Waals surface area contributed by atoms with Crippen molar-refractivity contribution in [2.75, 3.05) is 41.4 Å². The maximum atomic E-state index is 13.0. The van der Waals surface area contributed by atoms with Crippen LogP contribution in [0.25, 0.3) is 5.76 Å². The monoisotopic (exact) mass is 410 g/mol. The molecular weight excluding hydrogens is 384 g/mol. The van der Waals surface area contributed by atoms with Gasteiger partial charge in [0.05, 0.1) is 31.4 Å². The van der Waals surface area contributed by atoms with E-state index in [2.05, 4.69) is 0 Å². The number of Topliss-reactive ketones (excluding diaryl/α,β-unsaturated/α-hetero) is 1. The van der Waals surface area contributed by atoms with E-state index in [1.54, 1.807) is 18.2 Å². The van der Waals surface area contributed by atoms with Gasteiger partial charge in [0.2, 0.25) is 0 Å². The quantitative estimate of drug-likeness (QED) is 0.430. The smallest absolute Gasteiger partial charge is 0.295 e. The average Bonchev–Trinajstić information content (AvgIpc) is 3.02. The topological polar surface area (TPSA) is 79.3 Å². The number of amides is 1. The van der Waals surface area contributed by atoms with Gasteiger partial charge in [-0.3, -0.25) is 9.59 Å². The third-order valence-corrected chi connectivity index (χ3v) is 5.11. The summed E-state index contributed by atoms with van der Waals surface area (Å²) in [6.45, 7) is 0.940. The summed E-state index contributed by atoms with van der Waals surface area (Å²) in [6, 6.07) is 13.5. The molecule has 0 spiro atoms.